The Labute approximate surface area is 101 Å². The molecule has 0 aliphatic carbocycles. The summed E-state index contributed by atoms with van der Waals surface area (Å²) in [5.41, 5.74) is 2.77. The Morgan fingerprint density at radius 3 is 2.47 bits per heavy atom. The van der Waals surface area contributed by atoms with E-state index in [-0.39, 0.29) is 5.56 Å². The number of nitrogens with zero attached hydrogens (tertiary/aromatic N) is 1. The molecule has 0 amide bonds. The smallest absolute Gasteiger partial charge is 0.274 e. The van der Waals surface area contributed by atoms with Gasteiger partial charge in [-0.25, -0.2) is 0 Å². The highest BCUT2D eigenvalue weighted by molar-refractivity contribution is 5.64. The van der Waals surface area contributed by atoms with Gasteiger partial charge >= 0.3 is 0 Å². The van der Waals surface area contributed by atoms with Crippen LogP contribution in [0.5, 0.6) is 0 Å². The van der Waals surface area contributed by atoms with Crippen molar-refractivity contribution in [2.45, 2.75) is 27.3 Å². The fourth-order valence-corrected chi connectivity index (χ4v) is 2.04. The number of H-pyrrole nitrogens is 1. The molecule has 0 aliphatic heterocycles. The minimum absolute atomic E-state index is 0.0717. The molecule has 3 nitrogen and oxygen atoms in total. The fraction of sp³-hybridized carbons (Fsp3) is 0.357. The van der Waals surface area contributed by atoms with Crippen molar-refractivity contribution in [2.24, 2.45) is 5.92 Å². The van der Waals surface area contributed by atoms with Crippen molar-refractivity contribution in [2.75, 3.05) is 0 Å². The van der Waals surface area contributed by atoms with Gasteiger partial charge in [-0.1, -0.05) is 44.2 Å². The second-order valence-electron chi connectivity index (χ2n) is 4.79. The topological polar surface area (TPSA) is 37.8 Å². The van der Waals surface area contributed by atoms with E-state index in [1.807, 2.05) is 37.3 Å². The van der Waals surface area contributed by atoms with Gasteiger partial charge in [0, 0.05) is 12.2 Å². The third-order valence-electron chi connectivity index (χ3n) is 2.75. The number of hydrogen-bond donors (Lipinski definition) is 1. The van der Waals surface area contributed by atoms with Gasteiger partial charge in [-0.3, -0.25) is 14.6 Å². The molecule has 0 atom stereocenters. The number of aromatic amines is 1. The van der Waals surface area contributed by atoms with Crippen LogP contribution in [-0.2, 0) is 6.54 Å². The standard InChI is InChI=1S/C14H18N2O/c1-10(2)9-16-14(17)13(11(3)15-16)12-7-5-4-6-8-12/h4-8,10,15H,9H2,1-3H3. The molecule has 0 saturated carbocycles. The van der Waals surface area contributed by atoms with Crippen LogP contribution in [0.2, 0.25) is 0 Å². The van der Waals surface area contributed by atoms with Gasteiger partial charge in [-0.15, -0.1) is 0 Å². The van der Waals surface area contributed by atoms with Gasteiger partial charge in [0.15, 0.2) is 0 Å². The summed E-state index contributed by atoms with van der Waals surface area (Å²) in [6.07, 6.45) is 0. The van der Waals surface area contributed by atoms with Gasteiger partial charge < -0.3 is 0 Å². The molecule has 0 spiro atoms. The van der Waals surface area contributed by atoms with E-state index in [0.29, 0.717) is 5.92 Å². The van der Waals surface area contributed by atoms with Gasteiger partial charge in [0.25, 0.3) is 5.56 Å². The van der Waals surface area contributed by atoms with Crippen LogP contribution in [0.25, 0.3) is 11.1 Å². The molecule has 0 saturated heterocycles. The molecule has 0 aliphatic rings. The van der Waals surface area contributed by atoms with E-state index in [4.69, 9.17) is 0 Å². The summed E-state index contributed by atoms with van der Waals surface area (Å²) in [6.45, 7) is 6.88. The Hall–Kier alpha value is -1.77. The minimum Gasteiger partial charge on any atom is -0.299 e. The molecule has 1 aromatic heterocycles. The number of benzene rings is 1. The Bertz CT molecular complexity index is 549. The van der Waals surface area contributed by atoms with E-state index >= 15 is 0 Å². The van der Waals surface area contributed by atoms with Crippen molar-refractivity contribution in [3.63, 3.8) is 0 Å². The Balaban J connectivity index is 2.50. The normalized spacial score (nSPS) is 11.1. The zero-order valence-corrected chi connectivity index (χ0v) is 10.5. The summed E-state index contributed by atoms with van der Waals surface area (Å²) in [4.78, 5) is 12.3. The summed E-state index contributed by atoms with van der Waals surface area (Å²) in [5, 5.41) is 3.15. The monoisotopic (exact) mass is 230 g/mol. The van der Waals surface area contributed by atoms with Crippen molar-refractivity contribution in [3.05, 3.63) is 46.4 Å². The summed E-state index contributed by atoms with van der Waals surface area (Å²) < 4.78 is 1.70. The molecule has 0 fully saturated rings. The van der Waals surface area contributed by atoms with Crippen LogP contribution in [0.1, 0.15) is 19.5 Å². The number of nitrogens with one attached hydrogen (secondary N) is 1. The lowest BCUT2D eigenvalue weighted by Gasteiger charge is -2.03. The average Bonchev–Trinajstić information content (AvgIpc) is 2.54. The summed E-state index contributed by atoms with van der Waals surface area (Å²) >= 11 is 0. The van der Waals surface area contributed by atoms with Crippen LogP contribution in [0.4, 0.5) is 0 Å². The fourth-order valence-electron chi connectivity index (χ4n) is 2.04. The molecule has 1 N–H and O–H groups in total. The van der Waals surface area contributed by atoms with E-state index < -0.39 is 0 Å². The SMILES string of the molecule is Cc1[nH]n(CC(C)C)c(=O)c1-c1ccccc1. The maximum Gasteiger partial charge on any atom is 0.274 e. The molecule has 0 bridgehead atoms. The van der Waals surface area contributed by atoms with Crippen LogP contribution in [0.3, 0.4) is 0 Å². The average molecular weight is 230 g/mol. The lowest BCUT2D eigenvalue weighted by molar-refractivity contribution is 0.471. The lowest BCUT2D eigenvalue weighted by atomic mass is 10.1. The van der Waals surface area contributed by atoms with Crippen molar-refractivity contribution in [3.8, 4) is 11.1 Å². The summed E-state index contributed by atoms with van der Waals surface area (Å²) in [7, 11) is 0. The quantitative estimate of drug-likeness (QED) is 0.865. The molecule has 2 aromatic rings. The Morgan fingerprint density at radius 2 is 1.88 bits per heavy atom. The van der Waals surface area contributed by atoms with Crippen molar-refractivity contribution in [1.82, 2.24) is 9.78 Å². The number of aromatic nitrogens is 2. The lowest BCUT2D eigenvalue weighted by Crippen LogP contribution is -2.20. The predicted molar refractivity (Wildman–Crippen MR) is 70.1 cm³/mol. The van der Waals surface area contributed by atoms with Gasteiger partial charge in [-0.05, 0) is 18.4 Å². The Kier molecular flexibility index (Phi) is 3.18. The van der Waals surface area contributed by atoms with Gasteiger partial charge in [0.05, 0.1) is 5.56 Å². The summed E-state index contributed by atoms with van der Waals surface area (Å²) in [6, 6.07) is 9.80. The van der Waals surface area contributed by atoms with Crippen molar-refractivity contribution < 1.29 is 0 Å². The molecule has 90 valence electrons. The molecular formula is C14H18N2O. The van der Waals surface area contributed by atoms with Crippen molar-refractivity contribution in [1.29, 1.82) is 0 Å². The van der Waals surface area contributed by atoms with E-state index in [0.717, 1.165) is 23.4 Å². The van der Waals surface area contributed by atoms with Crippen molar-refractivity contribution >= 4 is 0 Å². The maximum absolute atomic E-state index is 12.3. The van der Waals surface area contributed by atoms with E-state index in [2.05, 4.69) is 18.9 Å². The highest BCUT2D eigenvalue weighted by atomic mass is 16.1. The third-order valence-corrected chi connectivity index (χ3v) is 2.75. The van der Waals surface area contributed by atoms with Gasteiger partial charge in [-0.2, -0.15) is 0 Å². The number of rotatable bonds is 3. The molecule has 3 heteroatoms. The van der Waals surface area contributed by atoms with E-state index in [9.17, 15) is 4.79 Å². The first-order valence-electron chi connectivity index (χ1n) is 5.94. The first-order valence-corrected chi connectivity index (χ1v) is 5.94. The molecule has 1 aromatic carbocycles. The van der Waals surface area contributed by atoms with E-state index in [1.54, 1.807) is 4.68 Å². The number of aryl methyl sites for hydroxylation is 1. The van der Waals surface area contributed by atoms with Crippen LogP contribution in [-0.4, -0.2) is 9.78 Å². The van der Waals surface area contributed by atoms with Crippen LogP contribution >= 0.6 is 0 Å². The molecule has 0 radical (unpaired) electrons. The highest BCUT2D eigenvalue weighted by Crippen LogP contribution is 2.18. The molecule has 2 rings (SSSR count). The first-order chi connectivity index (χ1) is 8.09. The number of hydrogen-bond acceptors (Lipinski definition) is 1. The molecule has 0 unspecified atom stereocenters. The van der Waals surface area contributed by atoms with E-state index in [1.165, 1.54) is 0 Å². The Morgan fingerprint density at radius 1 is 1.24 bits per heavy atom. The second kappa shape index (κ2) is 4.62. The predicted octanol–water partition coefficient (Wildman–Crippen LogP) is 2.81. The zero-order chi connectivity index (χ0) is 12.4. The second-order valence-corrected chi connectivity index (χ2v) is 4.79. The van der Waals surface area contributed by atoms with Crippen LogP contribution < -0.4 is 5.56 Å². The molecule has 17 heavy (non-hydrogen) atoms. The molecular weight excluding hydrogens is 212 g/mol. The summed E-state index contributed by atoms with van der Waals surface area (Å²) in [5.74, 6) is 0.453. The van der Waals surface area contributed by atoms with Crippen LogP contribution in [0.15, 0.2) is 35.1 Å². The largest absolute Gasteiger partial charge is 0.299 e. The highest BCUT2D eigenvalue weighted by Gasteiger charge is 2.13. The zero-order valence-electron chi connectivity index (χ0n) is 10.5. The van der Waals surface area contributed by atoms with Gasteiger partial charge in [0.2, 0.25) is 0 Å². The first kappa shape index (κ1) is 11.7. The third kappa shape index (κ3) is 2.33. The van der Waals surface area contributed by atoms with Crippen LogP contribution in [0, 0.1) is 12.8 Å². The maximum atomic E-state index is 12.3. The minimum atomic E-state index is 0.0717. The molecule has 1 heterocycles. The van der Waals surface area contributed by atoms with Gasteiger partial charge in [0.1, 0.15) is 0 Å².